The van der Waals surface area contributed by atoms with E-state index in [2.05, 4.69) is 5.10 Å². The summed E-state index contributed by atoms with van der Waals surface area (Å²) < 4.78 is 1.73. The van der Waals surface area contributed by atoms with Crippen LogP contribution in [0.1, 0.15) is 32.4 Å². The second kappa shape index (κ2) is 5.78. The number of piperidine rings is 1. The number of anilines is 1. The smallest absolute Gasteiger partial charge is 0.333 e. The summed E-state index contributed by atoms with van der Waals surface area (Å²) in [6, 6.07) is 0. The Morgan fingerprint density at radius 1 is 1.55 bits per heavy atom. The Morgan fingerprint density at radius 2 is 2.25 bits per heavy atom. The summed E-state index contributed by atoms with van der Waals surface area (Å²) in [6.45, 7) is 7.58. The Labute approximate surface area is 118 Å². The maximum absolute atomic E-state index is 11.3. The van der Waals surface area contributed by atoms with Gasteiger partial charge in [0, 0.05) is 19.6 Å². The predicted octanol–water partition coefficient (Wildman–Crippen LogP) is 1.72. The molecule has 2 atom stereocenters. The molecular weight excluding hydrogens is 260 g/mol. The summed E-state index contributed by atoms with van der Waals surface area (Å²) in [4.78, 5) is 13.0. The summed E-state index contributed by atoms with van der Waals surface area (Å²) in [5, 5.41) is 25.5. The van der Waals surface area contributed by atoms with Crippen molar-refractivity contribution < 1.29 is 10.0 Å². The predicted molar refractivity (Wildman–Crippen MR) is 75.9 cm³/mol. The van der Waals surface area contributed by atoms with Crippen LogP contribution in [0.4, 0.5) is 11.5 Å². The maximum atomic E-state index is 11.3. The second-order valence-electron chi connectivity index (χ2n) is 5.52. The Kier molecular flexibility index (Phi) is 4.27. The van der Waals surface area contributed by atoms with Gasteiger partial charge in [-0.25, -0.2) is 4.68 Å². The van der Waals surface area contributed by atoms with E-state index in [1.807, 2.05) is 18.7 Å². The molecule has 0 amide bonds. The highest BCUT2D eigenvalue weighted by Crippen LogP contribution is 2.34. The molecule has 1 aliphatic heterocycles. The summed E-state index contributed by atoms with van der Waals surface area (Å²) in [5.41, 5.74) is 0.555. The van der Waals surface area contributed by atoms with Crippen molar-refractivity contribution in [2.24, 2.45) is 5.92 Å². The maximum Gasteiger partial charge on any atom is 0.333 e. The van der Waals surface area contributed by atoms with E-state index >= 15 is 0 Å². The van der Waals surface area contributed by atoms with E-state index in [1.54, 1.807) is 11.6 Å². The number of hydrogen-bond acceptors (Lipinski definition) is 5. The molecule has 112 valence electrons. The lowest BCUT2D eigenvalue weighted by molar-refractivity contribution is -0.384. The molecule has 1 fully saturated rings. The molecule has 1 N–H and O–H groups in total. The molecule has 1 aliphatic rings. The van der Waals surface area contributed by atoms with Gasteiger partial charge in [-0.15, -0.1) is 0 Å². The van der Waals surface area contributed by atoms with Crippen LogP contribution < -0.4 is 4.90 Å². The number of aliphatic hydroxyl groups excluding tert-OH is 1. The monoisotopic (exact) mass is 282 g/mol. The Balaban J connectivity index is 2.40. The third-order valence-electron chi connectivity index (χ3n) is 3.85. The van der Waals surface area contributed by atoms with Gasteiger partial charge in [-0.05, 0) is 25.7 Å². The first kappa shape index (κ1) is 14.8. The second-order valence-corrected chi connectivity index (χ2v) is 5.52. The van der Waals surface area contributed by atoms with Crippen molar-refractivity contribution in [3.8, 4) is 0 Å². The summed E-state index contributed by atoms with van der Waals surface area (Å²) in [5.74, 6) is 0.696. The average molecular weight is 282 g/mol. The van der Waals surface area contributed by atoms with Crippen LogP contribution in [-0.4, -0.2) is 39.0 Å². The van der Waals surface area contributed by atoms with Crippen LogP contribution in [0.2, 0.25) is 0 Å². The van der Waals surface area contributed by atoms with Crippen molar-refractivity contribution in [3.05, 3.63) is 15.8 Å². The topological polar surface area (TPSA) is 84.4 Å². The Hall–Kier alpha value is -1.63. The zero-order valence-corrected chi connectivity index (χ0v) is 12.2. The van der Waals surface area contributed by atoms with Gasteiger partial charge >= 0.3 is 5.69 Å². The Bertz CT molecular complexity index is 500. The van der Waals surface area contributed by atoms with E-state index in [9.17, 15) is 15.2 Å². The lowest BCUT2D eigenvalue weighted by atomic mass is 9.97. The molecule has 0 saturated carbocycles. The fraction of sp³-hybridized carbons (Fsp3) is 0.769. The average Bonchev–Trinajstić information content (AvgIpc) is 2.70. The largest absolute Gasteiger partial charge is 0.393 e. The fourth-order valence-electron chi connectivity index (χ4n) is 2.78. The number of nitrogens with zero attached hydrogens (tertiary/aromatic N) is 4. The number of aliphatic hydroxyl groups is 1. The molecular formula is C13H22N4O3. The number of hydrogen-bond donors (Lipinski definition) is 1. The minimum atomic E-state index is -0.348. The van der Waals surface area contributed by atoms with Crippen LogP contribution in [0.25, 0.3) is 0 Å². The first-order chi connectivity index (χ1) is 9.45. The van der Waals surface area contributed by atoms with E-state index < -0.39 is 0 Å². The lowest BCUT2D eigenvalue weighted by Gasteiger charge is -2.35. The van der Waals surface area contributed by atoms with Gasteiger partial charge in [-0.1, -0.05) is 13.8 Å². The third-order valence-corrected chi connectivity index (χ3v) is 3.85. The van der Waals surface area contributed by atoms with Gasteiger partial charge in [0.1, 0.15) is 5.69 Å². The van der Waals surface area contributed by atoms with E-state index in [1.165, 1.54) is 0 Å². The molecule has 7 nitrogen and oxygen atoms in total. The van der Waals surface area contributed by atoms with Gasteiger partial charge in [-0.3, -0.25) is 10.1 Å². The van der Waals surface area contributed by atoms with Crippen molar-refractivity contribution in [2.75, 3.05) is 18.0 Å². The minimum absolute atomic E-state index is 0.0991. The van der Waals surface area contributed by atoms with Crippen molar-refractivity contribution in [3.63, 3.8) is 0 Å². The van der Waals surface area contributed by atoms with Gasteiger partial charge in [0.15, 0.2) is 0 Å². The van der Waals surface area contributed by atoms with Gasteiger partial charge in [0.25, 0.3) is 0 Å². The number of rotatable bonds is 4. The van der Waals surface area contributed by atoms with Crippen molar-refractivity contribution >= 4 is 11.5 Å². The first-order valence-electron chi connectivity index (χ1n) is 7.10. The highest BCUT2D eigenvalue weighted by molar-refractivity contribution is 5.61. The minimum Gasteiger partial charge on any atom is -0.393 e. The van der Waals surface area contributed by atoms with E-state index in [-0.39, 0.29) is 22.6 Å². The number of aryl methyl sites for hydroxylation is 2. The first-order valence-corrected chi connectivity index (χ1v) is 7.10. The molecule has 2 unspecified atom stereocenters. The van der Waals surface area contributed by atoms with Gasteiger partial charge in [0.2, 0.25) is 5.82 Å². The molecule has 0 aromatic carbocycles. The van der Waals surface area contributed by atoms with E-state index in [4.69, 9.17) is 0 Å². The SMILES string of the molecule is CCCn1nc(C)c([N+](=O)[O-])c1N1CCC(O)C(C)C1. The van der Waals surface area contributed by atoms with Crippen LogP contribution >= 0.6 is 0 Å². The van der Waals surface area contributed by atoms with Crippen LogP contribution in [0.3, 0.4) is 0 Å². The zero-order valence-electron chi connectivity index (χ0n) is 12.2. The zero-order chi connectivity index (χ0) is 14.9. The number of aromatic nitrogens is 2. The molecule has 7 heteroatoms. The lowest BCUT2D eigenvalue weighted by Crippen LogP contribution is -2.43. The fourth-order valence-corrected chi connectivity index (χ4v) is 2.78. The van der Waals surface area contributed by atoms with Crippen molar-refractivity contribution in [1.82, 2.24) is 9.78 Å². The van der Waals surface area contributed by atoms with Gasteiger partial charge in [0.05, 0.1) is 11.0 Å². The van der Waals surface area contributed by atoms with E-state index in [0.717, 1.165) is 6.42 Å². The highest BCUT2D eigenvalue weighted by Gasteiger charge is 2.33. The molecule has 0 spiro atoms. The normalized spacial score (nSPS) is 23.1. The molecule has 0 radical (unpaired) electrons. The van der Waals surface area contributed by atoms with E-state index in [0.29, 0.717) is 37.6 Å². The highest BCUT2D eigenvalue weighted by atomic mass is 16.6. The van der Waals surface area contributed by atoms with Crippen molar-refractivity contribution in [2.45, 2.75) is 46.3 Å². The summed E-state index contributed by atoms with van der Waals surface area (Å²) in [6.07, 6.45) is 1.18. The van der Waals surface area contributed by atoms with Crippen LogP contribution in [-0.2, 0) is 6.54 Å². The summed E-state index contributed by atoms with van der Waals surface area (Å²) >= 11 is 0. The van der Waals surface area contributed by atoms with Crippen LogP contribution in [0.15, 0.2) is 0 Å². The number of nitro groups is 1. The van der Waals surface area contributed by atoms with Gasteiger partial charge in [-0.2, -0.15) is 5.10 Å². The molecule has 20 heavy (non-hydrogen) atoms. The standard InChI is InChI=1S/C13H22N4O3/c1-4-6-16-13(12(17(19)20)10(3)14-16)15-7-5-11(18)9(2)8-15/h9,11,18H,4-8H2,1-3H3. The Morgan fingerprint density at radius 3 is 2.80 bits per heavy atom. The third kappa shape index (κ3) is 2.63. The molecule has 2 rings (SSSR count). The molecule has 1 aromatic heterocycles. The molecule has 0 bridgehead atoms. The van der Waals surface area contributed by atoms with Crippen molar-refractivity contribution in [1.29, 1.82) is 0 Å². The molecule has 1 aromatic rings. The summed E-state index contributed by atoms with van der Waals surface area (Å²) in [7, 11) is 0. The van der Waals surface area contributed by atoms with Gasteiger partial charge < -0.3 is 10.0 Å². The molecule has 0 aliphatic carbocycles. The van der Waals surface area contributed by atoms with Crippen LogP contribution in [0.5, 0.6) is 0 Å². The molecule has 2 heterocycles. The quantitative estimate of drug-likeness (QED) is 0.671. The van der Waals surface area contributed by atoms with Crippen LogP contribution in [0, 0.1) is 23.0 Å². The molecule has 1 saturated heterocycles.